The number of benzene rings is 1. The fraction of sp³-hybridized carbons (Fsp3) is 0.385. The lowest BCUT2D eigenvalue weighted by molar-refractivity contribution is -0.384. The highest BCUT2D eigenvalue weighted by atomic mass is 16.6. The van der Waals surface area contributed by atoms with Crippen molar-refractivity contribution >= 4 is 23.4 Å². The van der Waals surface area contributed by atoms with Crippen LogP contribution in [0.3, 0.4) is 0 Å². The van der Waals surface area contributed by atoms with Gasteiger partial charge in [0.25, 0.3) is 5.69 Å². The van der Waals surface area contributed by atoms with E-state index in [2.05, 4.69) is 0 Å². The molecule has 0 radical (unpaired) electrons. The van der Waals surface area contributed by atoms with Crippen LogP contribution in [0.2, 0.25) is 0 Å². The Morgan fingerprint density at radius 2 is 2.00 bits per heavy atom. The lowest BCUT2D eigenvalue weighted by atomic mass is 10.2. The van der Waals surface area contributed by atoms with Crippen molar-refractivity contribution in [2.75, 3.05) is 11.4 Å². The summed E-state index contributed by atoms with van der Waals surface area (Å²) < 4.78 is 5.11. The Bertz CT molecular complexity index is 564. The molecule has 0 aromatic heterocycles. The summed E-state index contributed by atoms with van der Waals surface area (Å²) >= 11 is 0. The van der Waals surface area contributed by atoms with Gasteiger partial charge in [-0.1, -0.05) is 6.07 Å². The topological polar surface area (TPSA) is 110 Å². The molecule has 0 heterocycles. The highest BCUT2D eigenvalue weighted by molar-refractivity contribution is 5.93. The molecule has 1 aromatic carbocycles. The number of nitro benzene ring substituents is 1. The van der Waals surface area contributed by atoms with Crippen molar-refractivity contribution in [3.63, 3.8) is 0 Å². The molecule has 0 spiro atoms. The third kappa shape index (κ3) is 5.09. The largest absolute Gasteiger partial charge is 0.480 e. The summed E-state index contributed by atoms with van der Waals surface area (Å²) in [6.45, 7) is 4.25. The molecule has 0 atom stereocenters. The fourth-order valence-electron chi connectivity index (χ4n) is 1.49. The van der Waals surface area contributed by atoms with Crippen LogP contribution in [-0.4, -0.2) is 34.2 Å². The lowest BCUT2D eigenvalue weighted by Gasteiger charge is -2.26. The summed E-state index contributed by atoms with van der Waals surface area (Å²) in [6.07, 6.45) is -0.884. The van der Waals surface area contributed by atoms with Crippen LogP contribution in [0.1, 0.15) is 20.8 Å². The molecule has 114 valence electrons. The number of aliphatic carboxylic acids is 1. The van der Waals surface area contributed by atoms with E-state index in [1.165, 1.54) is 18.2 Å². The van der Waals surface area contributed by atoms with Crippen molar-refractivity contribution in [1.29, 1.82) is 0 Å². The van der Waals surface area contributed by atoms with Gasteiger partial charge in [0.15, 0.2) is 0 Å². The van der Waals surface area contributed by atoms with Gasteiger partial charge >= 0.3 is 12.1 Å². The first kappa shape index (κ1) is 16.4. The Balaban J connectivity index is 3.13. The normalized spacial score (nSPS) is 10.8. The highest BCUT2D eigenvalue weighted by Crippen LogP contribution is 2.23. The molecule has 0 bridgehead atoms. The number of nitro groups is 1. The summed E-state index contributed by atoms with van der Waals surface area (Å²) in [7, 11) is 0. The minimum Gasteiger partial charge on any atom is -0.480 e. The maximum Gasteiger partial charge on any atom is 0.415 e. The SMILES string of the molecule is CC(C)(C)OC(=O)N(CC(=O)O)c1cccc([N+](=O)[O-])c1. The molecule has 0 unspecified atom stereocenters. The van der Waals surface area contributed by atoms with Gasteiger partial charge in [-0.05, 0) is 26.8 Å². The number of hydrogen-bond acceptors (Lipinski definition) is 5. The predicted octanol–water partition coefficient (Wildman–Crippen LogP) is 2.42. The van der Waals surface area contributed by atoms with E-state index in [0.29, 0.717) is 0 Å². The number of amides is 1. The standard InChI is InChI=1S/C13H16N2O6/c1-13(2,3)21-12(18)14(8-11(16)17)9-5-4-6-10(7-9)15(19)20/h4-7H,8H2,1-3H3,(H,16,17). The van der Waals surface area contributed by atoms with E-state index in [9.17, 15) is 19.7 Å². The predicted molar refractivity (Wildman–Crippen MR) is 74.3 cm³/mol. The molecule has 1 N–H and O–H groups in total. The first-order valence-electron chi connectivity index (χ1n) is 6.07. The Kier molecular flexibility index (Phi) is 4.85. The number of ether oxygens (including phenoxy) is 1. The zero-order chi connectivity index (χ0) is 16.2. The average Bonchev–Trinajstić information content (AvgIpc) is 2.33. The Hall–Kier alpha value is -2.64. The van der Waals surface area contributed by atoms with Gasteiger partial charge in [0.1, 0.15) is 12.1 Å². The van der Waals surface area contributed by atoms with Crippen LogP contribution in [0.15, 0.2) is 24.3 Å². The van der Waals surface area contributed by atoms with Gasteiger partial charge in [-0.25, -0.2) is 4.79 Å². The average molecular weight is 296 g/mol. The Morgan fingerprint density at radius 3 is 2.48 bits per heavy atom. The number of carboxylic acids is 1. The molecule has 8 nitrogen and oxygen atoms in total. The molecule has 1 amide bonds. The zero-order valence-corrected chi connectivity index (χ0v) is 11.9. The van der Waals surface area contributed by atoms with E-state index < -0.39 is 29.1 Å². The maximum atomic E-state index is 12.0. The summed E-state index contributed by atoms with van der Waals surface area (Å²) in [5.74, 6) is -1.26. The number of hydrogen-bond donors (Lipinski definition) is 1. The quantitative estimate of drug-likeness (QED) is 0.674. The van der Waals surface area contributed by atoms with Gasteiger partial charge in [0.2, 0.25) is 0 Å². The number of carbonyl (C=O) groups excluding carboxylic acids is 1. The monoisotopic (exact) mass is 296 g/mol. The second kappa shape index (κ2) is 6.21. The van der Waals surface area contributed by atoms with Gasteiger partial charge in [-0.2, -0.15) is 0 Å². The third-order valence-corrected chi connectivity index (χ3v) is 2.26. The molecule has 8 heteroatoms. The van der Waals surface area contributed by atoms with Gasteiger partial charge in [-0.15, -0.1) is 0 Å². The van der Waals surface area contributed by atoms with E-state index in [-0.39, 0.29) is 11.4 Å². The van der Waals surface area contributed by atoms with Gasteiger partial charge in [0.05, 0.1) is 10.6 Å². The van der Waals surface area contributed by atoms with Crippen LogP contribution in [0.4, 0.5) is 16.2 Å². The molecule has 0 saturated carbocycles. The van der Waals surface area contributed by atoms with Crippen LogP contribution in [-0.2, 0) is 9.53 Å². The molecule has 1 aromatic rings. The number of nitrogens with zero attached hydrogens (tertiary/aromatic N) is 2. The van der Waals surface area contributed by atoms with Gasteiger partial charge in [0, 0.05) is 12.1 Å². The van der Waals surface area contributed by atoms with E-state index in [1.54, 1.807) is 20.8 Å². The van der Waals surface area contributed by atoms with Crippen LogP contribution < -0.4 is 4.90 Å². The Morgan fingerprint density at radius 1 is 1.38 bits per heavy atom. The third-order valence-electron chi connectivity index (χ3n) is 2.26. The van der Waals surface area contributed by atoms with E-state index in [1.807, 2.05) is 0 Å². The smallest absolute Gasteiger partial charge is 0.415 e. The molecule has 0 aliphatic rings. The molecule has 0 aliphatic carbocycles. The molecule has 0 fully saturated rings. The number of anilines is 1. The van der Waals surface area contributed by atoms with Crippen molar-refractivity contribution < 1.29 is 24.4 Å². The molecular formula is C13H16N2O6. The summed E-state index contributed by atoms with van der Waals surface area (Å²) in [4.78, 5) is 33.9. The van der Waals surface area contributed by atoms with Crippen LogP contribution >= 0.6 is 0 Å². The second-order valence-corrected chi connectivity index (χ2v) is 5.24. The van der Waals surface area contributed by atoms with Crippen molar-refractivity contribution in [2.24, 2.45) is 0 Å². The molecule has 0 aliphatic heterocycles. The minimum absolute atomic E-state index is 0.0841. The van der Waals surface area contributed by atoms with Gasteiger partial charge in [-0.3, -0.25) is 19.8 Å². The summed E-state index contributed by atoms with van der Waals surface area (Å²) in [6, 6.07) is 5.14. The number of carboxylic acid groups (broad SMARTS) is 1. The van der Waals surface area contributed by atoms with Crippen LogP contribution in [0, 0.1) is 10.1 Å². The van der Waals surface area contributed by atoms with Crippen molar-refractivity contribution in [3.8, 4) is 0 Å². The van der Waals surface area contributed by atoms with E-state index in [4.69, 9.17) is 9.84 Å². The Labute approximate surface area is 121 Å². The second-order valence-electron chi connectivity index (χ2n) is 5.24. The van der Waals surface area contributed by atoms with E-state index >= 15 is 0 Å². The zero-order valence-electron chi connectivity index (χ0n) is 11.9. The molecular weight excluding hydrogens is 280 g/mol. The lowest BCUT2D eigenvalue weighted by Crippen LogP contribution is -2.40. The molecule has 21 heavy (non-hydrogen) atoms. The highest BCUT2D eigenvalue weighted by Gasteiger charge is 2.26. The first-order chi connectivity index (χ1) is 9.60. The van der Waals surface area contributed by atoms with Crippen LogP contribution in [0.5, 0.6) is 0 Å². The van der Waals surface area contributed by atoms with Crippen molar-refractivity contribution in [1.82, 2.24) is 0 Å². The number of rotatable bonds is 4. The fourth-order valence-corrected chi connectivity index (χ4v) is 1.49. The van der Waals surface area contributed by atoms with Crippen molar-refractivity contribution in [3.05, 3.63) is 34.4 Å². The summed E-state index contributed by atoms with van der Waals surface area (Å²) in [5, 5.41) is 19.6. The molecule has 1 rings (SSSR count). The van der Waals surface area contributed by atoms with Gasteiger partial charge < -0.3 is 9.84 Å². The molecule has 0 saturated heterocycles. The van der Waals surface area contributed by atoms with E-state index in [0.717, 1.165) is 11.0 Å². The number of non-ortho nitro benzene ring substituents is 1. The van der Waals surface area contributed by atoms with Crippen LogP contribution in [0.25, 0.3) is 0 Å². The number of carbonyl (C=O) groups is 2. The maximum absolute atomic E-state index is 12.0. The van der Waals surface area contributed by atoms with Crippen molar-refractivity contribution in [2.45, 2.75) is 26.4 Å². The first-order valence-corrected chi connectivity index (χ1v) is 6.07. The summed E-state index contributed by atoms with van der Waals surface area (Å²) in [5.41, 5.74) is -0.971. The minimum atomic E-state index is -1.26.